The van der Waals surface area contributed by atoms with Crippen LogP contribution in [0, 0.1) is 0 Å². The van der Waals surface area contributed by atoms with Gasteiger partial charge in [-0.1, -0.05) is 29.8 Å². The van der Waals surface area contributed by atoms with Gasteiger partial charge < -0.3 is 4.42 Å². The van der Waals surface area contributed by atoms with Gasteiger partial charge in [0.2, 0.25) is 0 Å². The number of allylic oxidation sites excluding steroid dienone is 1. The number of para-hydroxylation sites is 1. The molecule has 0 radical (unpaired) electrons. The molecule has 1 aliphatic carbocycles. The third kappa shape index (κ3) is 2.72. The maximum Gasteiger partial charge on any atom is 0.134 e. The van der Waals surface area contributed by atoms with Gasteiger partial charge >= 0.3 is 0 Å². The first-order chi connectivity index (χ1) is 9.36. The number of hydrogen-bond donors (Lipinski definition) is 2. The summed E-state index contributed by atoms with van der Waals surface area (Å²) in [5.74, 6) is 6.63. The first-order valence-corrected chi connectivity index (χ1v) is 6.99. The van der Waals surface area contributed by atoms with Crippen LogP contribution in [0.3, 0.4) is 0 Å². The average molecular weight is 256 g/mol. The number of fused-ring (bicyclic) bond motifs is 1. The average Bonchev–Trinajstić information content (AvgIpc) is 2.89. The lowest BCUT2D eigenvalue weighted by atomic mass is 9.94. The van der Waals surface area contributed by atoms with Gasteiger partial charge in [0.05, 0.1) is 6.04 Å². The fraction of sp³-hybridized carbons (Fsp3) is 0.375. The van der Waals surface area contributed by atoms with Crippen molar-refractivity contribution >= 4 is 11.0 Å². The molecule has 1 aromatic carbocycles. The number of furan rings is 1. The minimum atomic E-state index is 0.0664. The number of hydrazine groups is 1. The Balaban J connectivity index is 1.82. The Morgan fingerprint density at radius 1 is 1.26 bits per heavy atom. The van der Waals surface area contributed by atoms with Crippen LogP contribution < -0.4 is 11.3 Å². The van der Waals surface area contributed by atoms with Gasteiger partial charge in [-0.3, -0.25) is 5.84 Å². The molecule has 0 spiro atoms. The first kappa shape index (κ1) is 12.5. The van der Waals surface area contributed by atoms with Crippen molar-refractivity contribution in [3.8, 4) is 0 Å². The molecule has 1 unspecified atom stereocenters. The number of hydrogen-bond acceptors (Lipinski definition) is 3. The largest absolute Gasteiger partial charge is 0.459 e. The summed E-state index contributed by atoms with van der Waals surface area (Å²) in [6.45, 7) is 0. The Hall–Kier alpha value is -1.58. The van der Waals surface area contributed by atoms with Crippen LogP contribution in [0.15, 0.2) is 46.4 Å². The lowest BCUT2D eigenvalue weighted by Gasteiger charge is -2.18. The minimum absolute atomic E-state index is 0.0664. The second-order valence-corrected chi connectivity index (χ2v) is 5.22. The minimum Gasteiger partial charge on any atom is -0.459 e. The molecule has 0 amide bonds. The van der Waals surface area contributed by atoms with Crippen molar-refractivity contribution in [2.24, 2.45) is 5.84 Å². The smallest absolute Gasteiger partial charge is 0.134 e. The van der Waals surface area contributed by atoms with Crippen LogP contribution in [0.5, 0.6) is 0 Å². The molecule has 0 saturated carbocycles. The van der Waals surface area contributed by atoms with E-state index in [9.17, 15) is 0 Å². The van der Waals surface area contributed by atoms with Crippen molar-refractivity contribution in [1.82, 2.24) is 5.43 Å². The summed E-state index contributed by atoms with van der Waals surface area (Å²) in [5, 5.41) is 1.13. The van der Waals surface area contributed by atoms with Gasteiger partial charge in [0.25, 0.3) is 0 Å². The molecule has 3 heteroatoms. The highest BCUT2D eigenvalue weighted by Crippen LogP contribution is 2.30. The number of nitrogens with one attached hydrogen (secondary N) is 1. The lowest BCUT2D eigenvalue weighted by molar-refractivity contribution is 0.427. The summed E-state index contributed by atoms with van der Waals surface area (Å²) in [4.78, 5) is 0. The van der Waals surface area contributed by atoms with E-state index in [1.54, 1.807) is 0 Å². The number of benzene rings is 1. The molecule has 1 heterocycles. The van der Waals surface area contributed by atoms with E-state index in [1.165, 1.54) is 31.3 Å². The maximum absolute atomic E-state index is 5.89. The molecular weight excluding hydrogens is 236 g/mol. The van der Waals surface area contributed by atoms with E-state index in [-0.39, 0.29) is 6.04 Å². The van der Waals surface area contributed by atoms with Gasteiger partial charge in [-0.15, -0.1) is 0 Å². The van der Waals surface area contributed by atoms with Gasteiger partial charge in [-0.05, 0) is 44.2 Å². The van der Waals surface area contributed by atoms with Crippen LogP contribution in [0.2, 0.25) is 0 Å². The molecule has 1 atom stereocenters. The van der Waals surface area contributed by atoms with E-state index < -0.39 is 0 Å². The molecule has 0 bridgehead atoms. The highest BCUT2D eigenvalue weighted by atomic mass is 16.3. The quantitative estimate of drug-likeness (QED) is 0.496. The van der Waals surface area contributed by atoms with Crippen LogP contribution in [0.4, 0.5) is 0 Å². The third-order valence-corrected chi connectivity index (χ3v) is 3.84. The molecular formula is C16H20N2O. The summed E-state index contributed by atoms with van der Waals surface area (Å²) < 4.78 is 5.89. The molecule has 3 rings (SSSR count). The zero-order valence-corrected chi connectivity index (χ0v) is 11.1. The molecule has 1 aromatic heterocycles. The van der Waals surface area contributed by atoms with E-state index in [0.717, 1.165) is 23.2 Å². The Morgan fingerprint density at radius 3 is 2.89 bits per heavy atom. The molecule has 3 N–H and O–H groups in total. The number of nitrogens with two attached hydrogens (primary N) is 1. The van der Waals surface area contributed by atoms with Crippen molar-refractivity contribution in [2.45, 2.75) is 38.1 Å². The highest BCUT2D eigenvalue weighted by Gasteiger charge is 2.17. The second-order valence-electron chi connectivity index (χ2n) is 5.22. The Kier molecular flexibility index (Phi) is 3.67. The zero-order chi connectivity index (χ0) is 13.1. The van der Waals surface area contributed by atoms with Crippen molar-refractivity contribution in [3.63, 3.8) is 0 Å². The molecule has 100 valence electrons. The van der Waals surface area contributed by atoms with Gasteiger partial charge in [0.15, 0.2) is 0 Å². The molecule has 3 nitrogen and oxygen atoms in total. The van der Waals surface area contributed by atoms with Crippen molar-refractivity contribution in [2.75, 3.05) is 0 Å². The zero-order valence-electron chi connectivity index (χ0n) is 11.1. The van der Waals surface area contributed by atoms with E-state index in [1.807, 2.05) is 18.2 Å². The fourth-order valence-corrected chi connectivity index (χ4v) is 2.77. The van der Waals surface area contributed by atoms with E-state index >= 15 is 0 Å². The molecule has 2 aromatic rings. The van der Waals surface area contributed by atoms with Crippen molar-refractivity contribution < 1.29 is 4.42 Å². The van der Waals surface area contributed by atoms with Crippen LogP contribution >= 0.6 is 0 Å². The lowest BCUT2D eigenvalue weighted by Crippen LogP contribution is -2.28. The van der Waals surface area contributed by atoms with Gasteiger partial charge in [0.1, 0.15) is 11.3 Å². The summed E-state index contributed by atoms with van der Waals surface area (Å²) in [7, 11) is 0. The predicted molar refractivity (Wildman–Crippen MR) is 77.4 cm³/mol. The predicted octanol–water partition coefficient (Wildman–Crippen LogP) is 3.83. The van der Waals surface area contributed by atoms with Gasteiger partial charge in [-0.2, -0.15) is 0 Å². The van der Waals surface area contributed by atoms with E-state index in [0.29, 0.717) is 0 Å². The van der Waals surface area contributed by atoms with Crippen LogP contribution in [0.1, 0.15) is 43.9 Å². The topological polar surface area (TPSA) is 51.2 Å². The Morgan fingerprint density at radius 2 is 2.16 bits per heavy atom. The number of rotatable bonds is 4. The van der Waals surface area contributed by atoms with E-state index in [4.69, 9.17) is 10.3 Å². The van der Waals surface area contributed by atoms with Crippen LogP contribution in [0.25, 0.3) is 11.0 Å². The van der Waals surface area contributed by atoms with Crippen LogP contribution in [-0.2, 0) is 0 Å². The van der Waals surface area contributed by atoms with Crippen LogP contribution in [-0.4, -0.2) is 0 Å². The summed E-state index contributed by atoms with van der Waals surface area (Å²) in [6, 6.07) is 10.2. The molecule has 0 saturated heterocycles. The van der Waals surface area contributed by atoms with Gasteiger partial charge in [-0.25, -0.2) is 5.43 Å². The SMILES string of the molecule is NNC(CC1=CCCCC1)c1cc2ccccc2o1. The highest BCUT2D eigenvalue weighted by molar-refractivity contribution is 5.77. The summed E-state index contributed by atoms with van der Waals surface area (Å²) in [5.41, 5.74) is 5.31. The molecule has 0 aliphatic heterocycles. The third-order valence-electron chi connectivity index (χ3n) is 3.84. The van der Waals surface area contributed by atoms with E-state index in [2.05, 4.69) is 23.6 Å². The maximum atomic E-state index is 5.89. The van der Waals surface area contributed by atoms with Crippen molar-refractivity contribution in [1.29, 1.82) is 0 Å². The fourth-order valence-electron chi connectivity index (χ4n) is 2.77. The summed E-state index contributed by atoms with van der Waals surface area (Å²) in [6.07, 6.45) is 8.30. The molecule has 0 fully saturated rings. The Bertz CT molecular complexity index is 552. The second kappa shape index (κ2) is 5.59. The summed E-state index contributed by atoms with van der Waals surface area (Å²) >= 11 is 0. The van der Waals surface area contributed by atoms with Gasteiger partial charge in [0, 0.05) is 5.39 Å². The molecule has 1 aliphatic rings. The standard InChI is InChI=1S/C16H20N2O/c17-18-14(10-12-6-2-1-3-7-12)16-11-13-8-4-5-9-15(13)19-16/h4-6,8-9,11,14,18H,1-3,7,10,17H2. The molecule has 19 heavy (non-hydrogen) atoms. The van der Waals surface area contributed by atoms with Crippen molar-refractivity contribution in [3.05, 3.63) is 47.7 Å². The Labute approximate surface area is 113 Å². The first-order valence-electron chi connectivity index (χ1n) is 6.99. The normalized spacial score (nSPS) is 17.4. The monoisotopic (exact) mass is 256 g/mol.